The molecule has 2 aliphatic heterocycles. The third-order valence-corrected chi connectivity index (χ3v) is 2.75. The van der Waals surface area contributed by atoms with Crippen molar-refractivity contribution in [2.24, 2.45) is 0 Å². The van der Waals surface area contributed by atoms with Gasteiger partial charge in [-0.15, -0.1) is 0 Å². The Bertz CT molecular complexity index is 435. The highest BCUT2D eigenvalue weighted by molar-refractivity contribution is 5.46. The van der Waals surface area contributed by atoms with Crippen molar-refractivity contribution in [3.63, 3.8) is 0 Å². The van der Waals surface area contributed by atoms with Gasteiger partial charge in [0.25, 0.3) is 0 Å². The predicted octanol–water partition coefficient (Wildman–Crippen LogP) is 1.78. The first kappa shape index (κ1) is 7.84. The van der Waals surface area contributed by atoms with E-state index in [1.165, 1.54) is 0 Å². The van der Waals surface area contributed by atoms with Crippen LogP contribution in [0.25, 0.3) is 0 Å². The molecule has 1 aromatic rings. The molecule has 3 heteroatoms. The molecule has 0 spiro atoms. The summed E-state index contributed by atoms with van der Waals surface area (Å²) in [6.45, 7) is 2.01. The molecule has 0 radical (unpaired) electrons. The molecule has 0 unspecified atom stereocenters. The van der Waals surface area contributed by atoms with Gasteiger partial charge in [0.1, 0.15) is 24.1 Å². The highest BCUT2D eigenvalue weighted by Crippen LogP contribution is 2.49. The van der Waals surface area contributed by atoms with Crippen LogP contribution in [0.4, 0.5) is 0 Å². The van der Waals surface area contributed by atoms with Gasteiger partial charge in [-0.3, -0.25) is 0 Å². The summed E-state index contributed by atoms with van der Waals surface area (Å²) in [4.78, 5) is 0. The Hall–Kier alpha value is -1.53. The van der Waals surface area contributed by atoms with Crippen LogP contribution in [0.15, 0.2) is 18.2 Å². The average molecular weight is 187 g/mol. The van der Waals surface area contributed by atoms with Gasteiger partial charge in [0.05, 0.1) is 11.6 Å². The van der Waals surface area contributed by atoms with E-state index >= 15 is 0 Å². The first-order valence-electron chi connectivity index (χ1n) is 4.66. The molecule has 3 nitrogen and oxygen atoms in total. The third kappa shape index (κ3) is 0.948. The summed E-state index contributed by atoms with van der Waals surface area (Å²) in [5, 5.41) is 8.76. The summed E-state index contributed by atoms with van der Waals surface area (Å²) < 4.78 is 11.1. The summed E-state index contributed by atoms with van der Waals surface area (Å²) >= 11 is 0. The number of ether oxygens (including phenoxy) is 2. The fraction of sp³-hybridized carbons (Fsp3) is 0.364. The van der Waals surface area contributed by atoms with Gasteiger partial charge < -0.3 is 9.47 Å². The number of hydrogen-bond donors (Lipinski definition) is 0. The van der Waals surface area contributed by atoms with E-state index in [2.05, 4.69) is 6.07 Å². The Labute approximate surface area is 81.9 Å². The summed E-state index contributed by atoms with van der Waals surface area (Å²) in [7, 11) is 0. The summed E-state index contributed by atoms with van der Waals surface area (Å²) in [6.07, 6.45) is 0.471. The van der Waals surface area contributed by atoms with Crippen LogP contribution >= 0.6 is 0 Å². The normalized spacial score (nSPS) is 32.1. The highest BCUT2D eigenvalue weighted by Gasteiger charge is 2.50. The Kier molecular flexibility index (Phi) is 1.39. The fourth-order valence-corrected chi connectivity index (χ4v) is 1.95. The minimum absolute atomic E-state index is 0.125. The van der Waals surface area contributed by atoms with Crippen molar-refractivity contribution in [3.05, 3.63) is 29.3 Å². The first-order chi connectivity index (χ1) is 6.79. The molecule has 0 N–H and O–H groups in total. The van der Waals surface area contributed by atoms with Crippen molar-refractivity contribution in [2.45, 2.75) is 25.2 Å². The van der Waals surface area contributed by atoms with E-state index in [1.54, 1.807) is 6.07 Å². The second-order valence-corrected chi connectivity index (χ2v) is 3.71. The molecule has 0 aromatic heterocycles. The van der Waals surface area contributed by atoms with E-state index < -0.39 is 0 Å². The lowest BCUT2D eigenvalue weighted by Crippen LogP contribution is -2.23. The number of nitriles is 1. The molecule has 0 bridgehead atoms. The van der Waals surface area contributed by atoms with Crippen molar-refractivity contribution in [1.29, 1.82) is 5.26 Å². The van der Waals surface area contributed by atoms with E-state index in [1.807, 2.05) is 19.1 Å². The van der Waals surface area contributed by atoms with Crippen molar-refractivity contribution in [3.8, 4) is 11.8 Å². The van der Waals surface area contributed by atoms with Crippen LogP contribution in [0.3, 0.4) is 0 Å². The van der Waals surface area contributed by atoms with Gasteiger partial charge in [0, 0.05) is 5.56 Å². The van der Waals surface area contributed by atoms with Crippen LogP contribution in [0.2, 0.25) is 0 Å². The van der Waals surface area contributed by atoms with E-state index in [0.717, 1.165) is 11.3 Å². The van der Waals surface area contributed by atoms with Crippen molar-refractivity contribution >= 4 is 0 Å². The predicted molar refractivity (Wildman–Crippen MR) is 48.9 cm³/mol. The molecular formula is C11H9NO2. The van der Waals surface area contributed by atoms with Crippen molar-refractivity contribution in [2.75, 3.05) is 0 Å². The molecule has 2 heterocycles. The van der Waals surface area contributed by atoms with Gasteiger partial charge in [-0.2, -0.15) is 5.26 Å². The number of fused-ring (bicyclic) bond motifs is 3. The number of rotatable bonds is 0. The molecule has 0 saturated carbocycles. The van der Waals surface area contributed by atoms with Gasteiger partial charge >= 0.3 is 0 Å². The Morgan fingerprint density at radius 2 is 2.29 bits per heavy atom. The molecule has 3 atom stereocenters. The van der Waals surface area contributed by atoms with Crippen LogP contribution in [0.1, 0.15) is 24.2 Å². The molecule has 0 amide bonds. The topological polar surface area (TPSA) is 45.5 Å². The molecular weight excluding hydrogens is 178 g/mol. The molecule has 2 aliphatic rings. The maximum absolute atomic E-state index is 8.76. The van der Waals surface area contributed by atoms with Crippen LogP contribution < -0.4 is 4.74 Å². The van der Waals surface area contributed by atoms with Crippen molar-refractivity contribution < 1.29 is 9.47 Å². The maximum Gasteiger partial charge on any atom is 0.125 e. The second kappa shape index (κ2) is 2.49. The summed E-state index contributed by atoms with van der Waals surface area (Å²) in [6, 6.07) is 7.59. The lowest BCUT2D eigenvalue weighted by Gasteiger charge is -2.19. The monoisotopic (exact) mass is 187 g/mol. The number of nitrogens with zero attached hydrogens (tertiary/aromatic N) is 1. The lowest BCUT2D eigenvalue weighted by atomic mass is 10.0. The van der Waals surface area contributed by atoms with Crippen LogP contribution in [-0.4, -0.2) is 12.2 Å². The largest absolute Gasteiger partial charge is 0.487 e. The van der Waals surface area contributed by atoms with E-state index in [9.17, 15) is 0 Å². The van der Waals surface area contributed by atoms with Crippen LogP contribution in [-0.2, 0) is 4.74 Å². The maximum atomic E-state index is 8.76. The Morgan fingerprint density at radius 3 is 3.07 bits per heavy atom. The van der Waals surface area contributed by atoms with E-state index in [0.29, 0.717) is 5.56 Å². The molecule has 14 heavy (non-hydrogen) atoms. The van der Waals surface area contributed by atoms with Gasteiger partial charge in [-0.05, 0) is 25.1 Å². The zero-order valence-electron chi connectivity index (χ0n) is 7.73. The number of hydrogen-bond acceptors (Lipinski definition) is 3. The van der Waals surface area contributed by atoms with Crippen molar-refractivity contribution in [1.82, 2.24) is 0 Å². The fourth-order valence-electron chi connectivity index (χ4n) is 1.95. The van der Waals surface area contributed by atoms with Gasteiger partial charge in [0.15, 0.2) is 0 Å². The molecule has 3 rings (SSSR count). The SMILES string of the molecule is C[C@@H]1Oc2ccc(C#N)cc2[C@H]2O[C@@H]12. The zero-order chi connectivity index (χ0) is 9.71. The number of epoxide rings is 1. The van der Waals surface area contributed by atoms with E-state index in [-0.39, 0.29) is 18.3 Å². The average Bonchev–Trinajstić information content (AvgIpc) is 2.98. The summed E-state index contributed by atoms with van der Waals surface area (Å²) in [5.74, 6) is 0.857. The Morgan fingerprint density at radius 1 is 1.43 bits per heavy atom. The van der Waals surface area contributed by atoms with Gasteiger partial charge in [-0.1, -0.05) is 0 Å². The molecule has 1 saturated heterocycles. The molecule has 1 fully saturated rings. The molecule has 70 valence electrons. The van der Waals surface area contributed by atoms with E-state index in [4.69, 9.17) is 14.7 Å². The summed E-state index contributed by atoms with van der Waals surface area (Å²) in [5.41, 5.74) is 1.68. The van der Waals surface area contributed by atoms with Crippen LogP contribution in [0, 0.1) is 11.3 Å². The second-order valence-electron chi connectivity index (χ2n) is 3.71. The quantitative estimate of drug-likeness (QED) is 0.581. The van der Waals surface area contributed by atoms with Gasteiger partial charge in [-0.25, -0.2) is 0 Å². The molecule has 1 aromatic carbocycles. The smallest absolute Gasteiger partial charge is 0.125 e. The minimum Gasteiger partial charge on any atom is -0.487 e. The minimum atomic E-state index is 0.125. The Balaban J connectivity index is 2.09. The standard InChI is InChI=1S/C11H9NO2/c1-6-10-11(14-10)8-4-7(5-12)2-3-9(8)13-6/h2-4,6,10-11H,1H3/t6-,10-,11+/m0/s1. The first-order valence-corrected chi connectivity index (χ1v) is 4.66. The highest BCUT2D eigenvalue weighted by atomic mass is 16.6. The lowest BCUT2D eigenvalue weighted by molar-refractivity contribution is 0.177. The van der Waals surface area contributed by atoms with Crippen LogP contribution in [0.5, 0.6) is 5.75 Å². The van der Waals surface area contributed by atoms with Gasteiger partial charge in [0.2, 0.25) is 0 Å². The zero-order valence-corrected chi connectivity index (χ0v) is 7.73. The molecule has 0 aliphatic carbocycles. The third-order valence-electron chi connectivity index (χ3n) is 2.75. The number of benzene rings is 1.